The van der Waals surface area contributed by atoms with Crippen molar-refractivity contribution < 1.29 is 9.53 Å². The van der Waals surface area contributed by atoms with Gasteiger partial charge in [0.1, 0.15) is 12.4 Å². The number of rotatable bonds is 7. The van der Waals surface area contributed by atoms with Crippen LogP contribution in [0.4, 0.5) is 11.5 Å². The number of carbonyl (C=O) groups excluding carboxylic acids is 1. The van der Waals surface area contributed by atoms with E-state index in [4.69, 9.17) is 14.7 Å². The van der Waals surface area contributed by atoms with E-state index in [-0.39, 0.29) is 23.9 Å². The molecule has 0 radical (unpaired) electrons. The first-order chi connectivity index (χ1) is 21.6. The average Bonchev–Trinajstić information content (AvgIpc) is 3.69. The molecule has 3 atom stereocenters. The second kappa shape index (κ2) is 11.1. The molecule has 6 aliphatic rings. The van der Waals surface area contributed by atoms with Crippen molar-refractivity contribution >= 4 is 17.4 Å². The Labute approximate surface area is 260 Å². The Kier molecular flexibility index (Phi) is 7.01. The number of hydrogen-bond acceptors (Lipinski definition) is 8. The van der Waals surface area contributed by atoms with E-state index in [9.17, 15) is 10.1 Å². The third-order valence-corrected chi connectivity index (χ3v) is 11.7. The third-order valence-electron chi connectivity index (χ3n) is 11.7. The average molecular weight is 594 g/mol. The summed E-state index contributed by atoms with van der Waals surface area (Å²) >= 11 is 0. The molecule has 1 aromatic heterocycles. The van der Waals surface area contributed by atoms with E-state index >= 15 is 0 Å². The number of hydrogen-bond donors (Lipinski definition) is 0. The Bertz CT molecular complexity index is 1510. The minimum absolute atomic E-state index is 0.115. The zero-order valence-electron chi connectivity index (χ0n) is 25.7. The largest absolute Gasteiger partial charge is 0.461 e. The number of ether oxygens (including phenoxy) is 1. The van der Waals surface area contributed by atoms with Crippen LogP contribution in [0, 0.1) is 17.2 Å². The fourth-order valence-corrected chi connectivity index (χ4v) is 9.27. The maximum Gasteiger partial charge on any atom is 0.318 e. The maximum atomic E-state index is 12.6. The molecule has 0 spiro atoms. The van der Waals surface area contributed by atoms with Gasteiger partial charge < -0.3 is 19.4 Å². The first kappa shape index (κ1) is 27.9. The highest BCUT2D eigenvalue weighted by molar-refractivity contribution is 5.87. The van der Waals surface area contributed by atoms with Crippen LogP contribution in [0.25, 0.3) is 0 Å². The van der Waals surface area contributed by atoms with Crippen molar-refractivity contribution in [2.45, 2.75) is 81.8 Å². The number of anilines is 2. The SMILES string of the molecule is C=CC(=O)N1CCN(c2nc(OCC34CCCN3CCC4)nc3c2CCN(c2cccc4c2[C@@H]2CC[C@@H]2C4)C3)C[C@@H]1CC#N. The Morgan fingerprint density at radius 3 is 2.75 bits per heavy atom. The fraction of sp³-hybridized carbons (Fsp3) is 0.600. The van der Waals surface area contributed by atoms with Gasteiger partial charge in [-0.25, -0.2) is 0 Å². The van der Waals surface area contributed by atoms with Gasteiger partial charge in [-0.3, -0.25) is 9.69 Å². The van der Waals surface area contributed by atoms with Gasteiger partial charge in [0.25, 0.3) is 0 Å². The van der Waals surface area contributed by atoms with Crippen molar-refractivity contribution in [2.75, 3.05) is 55.7 Å². The third kappa shape index (κ3) is 4.56. The van der Waals surface area contributed by atoms with E-state index < -0.39 is 0 Å². The van der Waals surface area contributed by atoms with Crippen LogP contribution < -0.4 is 14.5 Å². The van der Waals surface area contributed by atoms with Crippen LogP contribution >= 0.6 is 0 Å². The van der Waals surface area contributed by atoms with Gasteiger partial charge in [-0.1, -0.05) is 18.7 Å². The Morgan fingerprint density at radius 2 is 1.98 bits per heavy atom. The maximum absolute atomic E-state index is 12.6. The van der Waals surface area contributed by atoms with Crippen LogP contribution in [0.3, 0.4) is 0 Å². The van der Waals surface area contributed by atoms with Crippen LogP contribution in [0.5, 0.6) is 6.01 Å². The molecule has 9 heteroatoms. The summed E-state index contributed by atoms with van der Waals surface area (Å²) < 4.78 is 6.56. The van der Waals surface area contributed by atoms with E-state index in [0.29, 0.717) is 38.2 Å². The fourth-order valence-electron chi connectivity index (χ4n) is 9.27. The van der Waals surface area contributed by atoms with Crippen molar-refractivity contribution in [1.29, 1.82) is 5.26 Å². The molecule has 5 heterocycles. The summed E-state index contributed by atoms with van der Waals surface area (Å²) in [6.45, 7) is 10.0. The normalized spacial score (nSPS) is 26.7. The van der Waals surface area contributed by atoms with Gasteiger partial charge in [0, 0.05) is 37.4 Å². The van der Waals surface area contributed by atoms with Gasteiger partial charge in [0.15, 0.2) is 0 Å². The summed E-state index contributed by atoms with van der Waals surface area (Å²) in [6, 6.07) is 9.45. The Balaban J connectivity index is 1.12. The lowest BCUT2D eigenvalue weighted by Crippen LogP contribution is -2.55. The summed E-state index contributed by atoms with van der Waals surface area (Å²) in [5, 5.41) is 9.59. The molecule has 230 valence electrons. The Hall–Kier alpha value is -3.64. The van der Waals surface area contributed by atoms with Crippen LogP contribution in [0.15, 0.2) is 30.9 Å². The summed E-state index contributed by atoms with van der Waals surface area (Å²) in [5.41, 5.74) is 6.86. The van der Waals surface area contributed by atoms with Crippen LogP contribution in [-0.2, 0) is 24.2 Å². The quantitative estimate of drug-likeness (QED) is 0.441. The number of fused-ring (bicyclic) bond motifs is 5. The number of carbonyl (C=O) groups is 1. The summed E-state index contributed by atoms with van der Waals surface area (Å²) in [5.74, 6) is 2.35. The predicted molar refractivity (Wildman–Crippen MR) is 169 cm³/mol. The monoisotopic (exact) mass is 593 g/mol. The van der Waals surface area contributed by atoms with E-state index in [2.05, 4.69) is 45.5 Å². The molecule has 1 amide bonds. The highest BCUT2D eigenvalue weighted by Crippen LogP contribution is 2.54. The van der Waals surface area contributed by atoms with Crippen molar-refractivity contribution in [3.05, 3.63) is 53.2 Å². The van der Waals surface area contributed by atoms with Crippen LogP contribution in [0.1, 0.15) is 73.2 Å². The molecule has 0 bridgehead atoms. The van der Waals surface area contributed by atoms with Gasteiger partial charge in [-0.2, -0.15) is 15.2 Å². The highest BCUT2D eigenvalue weighted by atomic mass is 16.5. The summed E-state index contributed by atoms with van der Waals surface area (Å²) in [7, 11) is 0. The standard InChI is InChI=1S/C35H43N7O2/c1-2-31(43)42-19-18-40(21-26(42)10-14-36)33-28-11-17-39(30-7-3-6-25-20-24-8-9-27(24)32(25)30)22-29(28)37-34(38-33)44-23-35-12-4-15-41(35)16-5-13-35/h2-3,6-7,24,26-27H,1,4-5,8-13,15-23H2/t24-,26+,27-/m1/s1. The number of nitriles is 1. The number of piperazine rings is 1. The lowest BCUT2D eigenvalue weighted by atomic mass is 9.74. The summed E-state index contributed by atoms with van der Waals surface area (Å²) in [6.07, 6.45) is 11.2. The van der Waals surface area contributed by atoms with E-state index in [1.165, 1.54) is 62.3 Å². The number of amides is 1. The van der Waals surface area contributed by atoms with Crippen LogP contribution in [0.2, 0.25) is 0 Å². The highest BCUT2D eigenvalue weighted by Gasteiger charge is 2.45. The number of nitrogens with zero attached hydrogens (tertiary/aromatic N) is 7. The zero-order chi connectivity index (χ0) is 29.8. The van der Waals surface area contributed by atoms with Gasteiger partial charge in [0.2, 0.25) is 5.91 Å². The van der Waals surface area contributed by atoms with Crippen molar-refractivity contribution in [3.8, 4) is 12.1 Å². The molecular weight excluding hydrogens is 550 g/mol. The van der Waals surface area contributed by atoms with Gasteiger partial charge in [-0.15, -0.1) is 0 Å². The lowest BCUT2D eigenvalue weighted by molar-refractivity contribution is -0.128. The topological polar surface area (TPSA) is 88.8 Å². The van der Waals surface area contributed by atoms with Crippen molar-refractivity contribution in [3.63, 3.8) is 0 Å². The molecule has 0 N–H and O–H groups in total. The minimum Gasteiger partial charge on any atom is -0.461 e. The molecule has 2 aliphatic carbocycles. The molecule has 0 unspecified atom stereocenters. The Morgan fingerprint density at radius 1 is 1.11 bits per heavy atom. The molecule has 4 fully saturated rings. The zero-order valence-corrected chi connectivity index (χ0v) is 25.7. The second-order valence-electron chi connectivity index (χ2n) is 13.8. The molecule has 1 aromatic carbocycles. The van der Waals surface area contributed by atoms with Crippen LogP contribution in [-0.4, -0.2) is 83.1 Å². The molecule has 44 heavy (non-hydrogen) atoms. The van der Waals surface area contributed by atoms with Crippen molar-refractivity contribution in [1.82, 2.24) is 19.8 Å². The van der Waals surface area contributed by atoms with E-state index in [1.807, 2.05) is 0 Å². The lowest BCUT2D eigenvalue weighted by Gasteiger charge is -2.42. The second-order valence-corrected chi connectivity index (χ2v) is 13.8. The minimum atomic E-state index is -0.207. The van der Waals surface area contributed by atoms with Crippen molar-refractivity contribution in [2.24, 2.45) is 5.92 Å². The summed E-state index contributed by atoms with van der Waals surface area (Å²) in [4.78, 5) is 32.0. The molecule has 4 aliphatic heterocycles. The van der Waals surface area contributed by atoms with Gasteiger partial charge >= 0.3 is 6.01 Å². The van der Waals surface area contributed by atoms with Gasteiger partial charge in [-0.05, 0) is 99.6 Å². The molecular formula is C35H43N7O2. The molecule has 3 saturated heterocycles. The molecule has 2 aromatic rings. The first-order valence-electron chi connectivity index (χ1n) is 16.8. The molecule has 1 saturated carbocycles. The van der Waals surface area contributed by atoms with E-state index in [1.54, 1.807) is 16.0 Å². The molecule has 9 nitrogen and oxygen atoms in total. The first-order valence-corrected chi connectivity index (χ1v) is 16.8. The predicted octanol–water partition coefficient (Wildman–Crippen LogP) is 4.21. The number of aromatic nitrogens is 2. The van der Waals surface area contributed by atoms with Gasteiger partial charge in [0.05, 0.1) is 36.3 Å². The smallest absolute Gasteiger partial charge is 0.318 e. The van der Waals surface area contributed by atoms with E-state index in [0.717, 1.165) is 50.0 Å². The number of benzene rings is 1. The molecule has 8 rings (SSSR count).